The van der Waals surface area contributed by atoms with E-state index in [1.165, 1.54) is 24.3 Å². The van der Waals surface area contributed by atoms with Gasteiger partial charge in [0.1, 0.15) is 17.9 Å². The van der Waals surface area contributed by atoms with E-state index in [0.29, 0.717) is 10.6 Å². The summed E-state index contributed by atoms with van der Waals surface area (Å²) in [5, 5.41) is 6.03. The maximum atomic E-state index is 13.3. The second-order valence-electron chi connectivity index (χ2n) is 6.93. The first-order valence-corrected chi connectivity index (χ1v) is 9.59. The summed E-state index contributed by atoms with van der Waals surface area (Å²) in [6, 6.07) is 11.4. The number of benzene rings is 2. The van der Waals surface area contributed by atoms with Gasteiger partial charge in [0.2, 0.25) is 5.91 Å². The molecule has 0 aromatic heterocycles. The van der Waals surface area contributed by atoms with Crippen LogP contribution in [0, 0.1) is 5.82 Å². The molecule has 0 bridgehead atoms. The van der Waals surface area contributed by atoms with Crippen LogP contribution in [0.25, 0.3) is 0 Å². The zero-order chi connectivity index (χ0) is 21.2. The third-order valence-corrected chi connectivity index (χ3v) is 5.34. The highest BCUT2D eigenvalue weighted by molar-refractivity contribution is 6.30. The van der Waals surface area contributed by atoms with Gasteiger partial charge < -0.3 is 10.6 Å². The number of hydrogen-bond acceptors (Lipinski definition) is 3. The van der Waals surface area contributed by atoms with Crippen LogP contribution in [0.2, 0.25) is 5.02 Å². The van der Waals surface area contributed by atoms with Gasteiger partial charge in [0.25, 0.3) is 5.91 Å². The first kappa shape index (κ1) is 20.8. The molecule has 1 saturated heterocycles. The molecule has 0 radical (unpaired) electrons. The van der Waals surface area contributed by atoms with Gasteiger partial charge >= 0.3 is 6.03 Å². The second-order valence-corrected chi connectivity index (χ2v) is 7.36. The van der Waals surface area contributed by atoms with Crippen molar-refractivity contribution in [3.8, 4) is 0 Å². The highest BCUT2D eigenvalue weighted by Crippen LogP contribution is 2.32. The molecule has 152 valence electrons. The van der Waals surface area contributed by atoms with Crippen molar-refractivity contribution in [2.45, 2.75) is 31.8 Å². The van der Waals surface area contributed by atoms with Crippen LogP contribution in [0.1, 0.15) is 37.4 Å². The lowest BCUT2D eigenvalue weighted by Crippen LogP contribution is -2.45. The third kappa shape index (κ3) is 4.10. The first-order chi connectivity index (χ1) is 13.8. The molecule has 2 unspecified atom stereocenters. The molecular weight excluding hydrogens is 397 g/mol. The van der Waals surface area contributed by atoms with E-state index >= 15 is 0 Å². The number of rotatable bonds is 6. The van der Waals surface area contributed by atoms with E-state index in [2.05, 4.69) is 10.6 Å². The van der Waals surface area contributed by atoms with Gasteiger partial charge in [-0.05, 0) is 48.7 Å². The topological polar surface area (TPSA) is 78.5 Å². The summed E-state index contributed by atoms with van der Waals surface area (Å²) in [5.74, 6) is -1.45. The minimum atomic E-state index is -1.31. The maximum Gasteiger partial charge on any atom is 0.325 e. The fourth-order valence-electron chi connectivity index (χ4n) is 3.41. The van der Waals surface area contributed by atoms with Crippen molar-refractivity contribution in [3.05, 3.63) is 70.5 Å². The smallest absolute Gasteiger partial charge is 0.325 e. The lowest BCUT2D eigenvalue weighted by molar-refractivity contribution is -0.135. The minimum absolute atomic E-state index is 0.266. The van der Waals surface area contributed by atoms with E-state index in [1.54, 1.807) is 38.1 Å². The molecule has 0 aliphatic carbocycles. The summed E-state index contributed by atoms with van der Waals surface area (Å²) in [4.78, 5) is 38.8. The Balaban J connectivity index is 1.73. The normalized spacial score (nSPS) is 19.8. The van der Waals surface area contributed by atoms with Gasteiger partial charge in [-0.15, -0.1) is 0 Å². The van der Waals surface area contributed by atoms with Crippen molar-refractivity contribution in [3.63, 3.8) is 0 Å². The summed E-state index contributed by atoms with van der Waals surface area (Å²) in [6.07, 6.45) is 0.266. The number of nitrogens with one attached hydrogen (secondary N) is 2. The van der Waals surface area contributed by atoms with Crippen LogP contribution < -0.4 is 10.6 Å². The van der Waals surface area contributed by atoms with Crippen LogP contribution in [-0.2, 0) is 15.1 Å². The summed E-state index contributed by atoms with van der Waals surface area (Å²) >= 11 is 5.87. The Morgan fingerprint density at radius 3 is 2.38 bits per heavy atom. The minimum Gasteiger partial charge on any atom is -0.348 e. The van der Waals surface area contributed by atoms with Crippen LogP contribution in [0.15, 0.2) is 48.5 Å². The molecule has 6 nitrogen and oxygen atoms in total. The number of nitrogens with zero attached hydrogens (tertiary/aromatic N) is 1. The lowest BCUT2D eigenvalue weighted by atomic mass is 9.87. The van der Waals surface area contributed by atoms with Gasteiger partial charge in [0.05, 0.1) is 6.04 Å². The van der Waals surface area contributed by atoms with Crippen LogP contribution >= 0.6 is 11.6 Å². The number of hydrogen-bond donors (Lipinski definition) is 2. The number of amides is 4. The lowest BCUT2D eigenvalue weighted by Gasteiger charge is -2.25. The number of halogens is 2. The third-order valence-electron chi connectivity index (χ3n) is 5.09. The number of carbonyl (C=O) groups is 3. The Kier molecular flexibility index (Phi) is 5.88. The summed E-state index contributed by atoms with van der Waals surface area (Å²) in [7, 11) is 0. The Morgan fingerprint density at radius 1 is 1.17 bits per heavy atom. The molecule has 1 aliphatic heterocycles. The standard InChI is InChI=1S/C21H21ClFN3O3/c1-3-21(15-6-10-17(23)11-7-15)19(28)26(20(29)25-21)12-18(27)24-13(2)14-4-8-16(22)9-5-14/h4-11,13H,3,12H2,1-2H3,(H,24,27)(H,25,29). The molecule has 0 spiro atoms. The van der Waals surface area contributed by atoms with Crippen LogP contribution in [0.3, 0.4) is 0 Å². The van der Waals surface area contributed by atoms with E-state index in [0.717, 1.165) is 10.5 Å². The zero-order valence-corrected chi connectivity index (χ0v) is 16.8. The predicted octanol–water partition coefficient (Wildman–Crippen LogP) is 3.51. The van der Waals surface area contributed by atoms with Crippen LogP contribution in [0.4, 0.5) is 9.18 Å². The molecule has 4 amide bonds. The molecule has 2 N–H and O–H groups in total. The molecule has 8 heteroatoms. The molecule has 29 heavy (non-hydrogen) atoms. The Bertz CT molecular complexity index is 933. The molecular formula is C21H21ClFN3O3. The van der Waals surface area contributed by atoms with E-state index in [4.69, 9.17) is 11.6 Å². The predicted molar refractivity (Wildman–Crippen MR) is 107 cm³/mol. The molecule has 1 fully saturated rings. The molecule has 2 aromatic carbocycles. The number of carbonyl (C=O) groups excluding carboxylic acids is 3. The quantitative estimate of drug-likeness (QED) is 0.706. The summed E-state index contributed by atoms with van der Waals surface area (Å²) < 4.78 is 13.3. The Hall–Kier alpha value is -2.93. The summed E-state index contributed by atoms with van der Waals surface area (Å²) in [5.41, 5.74) is -0.00120. The van der Waals surface area contributed by atoms with Crippen molar-refractivity contribution < 1.29 is 18.8 Å². The van der Waals surface area contributed by atoms with Crippen molar-refractivity contribution >= 4 is 29.4 Å². The maximum absolute atomic E-state index is 13.3. The zero-order valence-electron chi connectivity index (χ0n) is 16.0. The van der Waals surface area contributed by atoms with Crippen molar-refractivity contribution in [2.75, 3.05) is 6.54 Å². The average Bonchev–Trinajstić information content (AvgIpc) is 2.94. The van der Waals surface area contributed by atoms with Crippen molar-refractivity contribution in [2.24, 2.45) is 0 Å². The van der Waals surface area contributed by atoms with Gasteiger partial charge in [0.15, 0.2) is 0 Å². The number of urea groups is 1. The highest BCUT2D eigenvalue weighted by Gasteiger charge is 2.51. The van der Waals surface area contributed by atoms with Crippen LogP contribution in [-0.4, -0.2) is 29.3 Å². The van der Waals surface area contributed by atoms with Gasteiger partial charge in [-0.2, -0.15) is 0 Å². The van der Waals surface area contributed by atoms with Gasteiger partial charge in [-0.1, -0.05) is 42.8 Å². The molecule has 1 heterocycles. The largest absolute Gasteiger partial charge is 0.348 e. The fraction of sp³-hybridized carbons (Fsp3) is 0.286. The van der Waals surface area contributed by atoms with Gasteiger partial charge in [-0.3, -0.25) is 14.5 Å². The Labute approximate surface area is 173 Å². The second kappa shape index (κ2) is 8.21. The van der Waals surface area contributed by atoms with Gasteiger partial charge in [-0.25, -0.2) is 9.18 Å². The van der Waals surface area contributed by atoms with E-state index in [-0.39, 0.29) is 12.5 Å². The highest BCUT2D eigenvalue weighted by atomic mass is 35.5. The van der Waals surface area contributed by atoms with Crippen molar-refractivity contribution in [1.82, 2.24) is 15.5 Å². The molecule has 3 rings (SSSR count). The fourth-order valence-corrected chi connectivity index (χ4v) is 3.54. The molecule has 2 aromatic rings. The molecule has 0 saturated carbocycles. The number of imide groups is 1. The van der Waals surface area contributed by atoms with Crippen LogP contribution in [0.5, 0.6) is 0 Å². The average molecular weight is 418 g/mol. The molecule has 2 atom stereocenters. The Morgan fingerprint density at radius 2 is 1.79 bits per heavy atom. The molecule has 1 aliphatic rings. The van der Waals surface area contributed by atoms with Gasteiger partial charge in [0, 0.05) is 5.02 Å². The van der Waals surface area contributed by atoms with E-state index in [1.807, 2.05) is 0 Å². The monoisotopic (exact) mass is 417 g/mol. The first-order valence-electron chi connectivity index (χ1n) is 9.22. The van der Waals surface area contributed by atoms with E-state index in [9.17, 15) is 18.8 Å². The van der Waals surface area contributed by atoms with E-state index < -0.39 is 35.7 Å². The SMILES string of the molecule is CCC1(c2ccc(F)cc2)NC(=O)N(CC(=O)NC(C)c2ccc(Cl)cc2)C1=O. The summed E-state index contributed by atoms with van der Waals surface area (Å²) in [6.45, 7) is 3.13. The van der Waals surface area contributed by atoms with Crippen molar-refractivity contribution in [1.29, 1.82) is 0 Å².